The van der Waals surface area contributed by atoms with E-state index in [1.807, 2.05) is 47.8 Å². The van der Waals surface area contributed by atoms with Crippen LogP contribution in [-0.4, -0.2) is 40.1 Å². The van der Waals surface area contributed by atoms with Gasteiger partial charge in [0.25, 0.3) is 0 Å². The summed E-state index contributed by atoms with van der Waals surface area (Å²) in [5.41, 5.74) is 1.05. The number of carbonyl (C=O) groups excluding carboxylic acids is 2. The number of hydrogen-bond acceptors (Lipinski definition) is 3. The fraction of sp³-hybridized carbons (Fsp3) is 0.300. The van der Waals surface area contributed by atoms with E-state index in [9.17, 15) is 9.59 Å². The fourth-order valence-electron chi connectivity index (χ4n) is 2.53. The topological polar surface area (TPSA) is 40.6 Å². The SMILES string of the molecule is C=CCN(CC(=O)N(Cc1ccccc1)Cc1cccs1)C(=O)C(C)Cl. The normalized spacial score (nSPS) is 11.6. The number of rotatable bonds is 9. The minimum Gasteiger partial charge on any atom is -0.332 e. The van der Waals surface area contributed by atoms with E-state index in [1.165, 1.54) is 4.90 Å². The maximum absolute atomic E-state index is 12.9. The Labute approximate surface area is 163 Å². The molecule has 2 amide bonds. The summed E-state index contributed by atoms with van der Waals surface area (Å²) in [5, 5.41) is 1.31. The zero-order valence-corrected chi connectivity index (χ0v) is 16.4. The molecule has 2 rings (SSSR count). The number of halogens is 1. The summed E-state index contributed by atoms with van der Waals surface area (Å²) in [5.74, 6) is -0.384. The Hall–Kier alpha value is -2.11. The average Bonchev–Trinajstić information content (AvgIpc) is 3.14. The monoisotopic (exact) mass is 390 g/mol. The van der Waals surface area contributed by atoms with Crippen molar-refractivity contribution in [3.05, 3.63) is 70.9 Å². The van der Waals surface area contributed by atoms with Crippen molar-refractivity contribution >= 4 is 34.8 Å². The minimum atomic E-state index is -0.678. The summed E-state index contributed by atoms with van der Waals surface area (Å²) < 4.78 is 0. The first-order valence-corrected chi connectivity index (χ1v) is 9.70. The van der Waals surface area contributed by atoms with Crippen molar-refractivity contribution in [2.24, 2.45) is 0 Å². The van der Waals surface area contributed by atoms with E-state index in [0.29, 0.717) is 19.6 Å². The van der Waals surface area contributed by atoms with Crippen LogP contribution in [0.25, 0.3) is 0 Å². The zero-order chi connectivity index (χ0) is 18.9. The van der Waals surface area contributed by atoms with E-state index in [-0.39, 0.29) is 18.4 Å². The van der Waals surface area contributed by atoms with Crippen LogP contribution in [0.3, 0.4) is 0 Å². The molecule has 0 aliphatic heterocycles. The Balaban J connectivity index is 2.15. The molecule has 1 unspecified atom stereocenters. The van der Waals surface area contributed by atoms with Gasteiger partial charge in [-0.05, 0) is 23.9 Å². The van der Waals surface area contributed by atoms with E-state index in [4.69, 9.17) is 11.6 Å². The second kappa shape index (κ2) is 10.1. The zero-order valence-electron chi connectivity index (χ0n) is 14.8. The molecule has 0 saturated heterocycles. The van der Waals surface area contributed by atoms with Crippen LogP contribution in [0, 0.1) is 0 Å². The first-order valence-electron chi connectivity index (χ1n) is 8.39. The molecule has 6 heteroatoms. The molecule has 0 spiro atoms. The van der Waals surface area contributed by atoms with E-state index in [2.05, 4.69) is 6.58 Å². The summed E-state index contributed by atoms with van der Waals surface area (Å²) in [4.78, 5) is 29.5. The van der Waals surface area contributed by atoms with Crippen LogP contribution < -0.4 is 0 Å². The molecular formula is C20H23ClN2O2S. The van der Waals surface area contributed by atoms with Gasteiger partial charge in [-0.3, -0.25) is 9.59 Å². The third kappa shape index (κ3) is 6.00. The van der Waals surface area contributed by atoms with Gasteiger partial charge in [0.05, 0.1) is 6.54 Å². The Morgan fingerprint density at radius 1 is 1.15 bits per heavy atom. The number of amides is 2. The number of hydrogen-bond donors (Lipinski definition) is 0. The lowest BCUT2D eigenvalue weighted by atomic mass is 10.2. The standard InChI is InChI=1S/C20H23ClN2O2S/c1-3-11-22(20(25)16(2)21)15-19(24)23(14-18-10-7-12-26-18)13-17-8-5-4-6-9-17/h3-10,12,16H,1,11,13-15H2,2H3. The molecule has 0 radical (unpaired) electrons. The molecule has 1 heterocycles. The molecule has 0 saturated carbocycles. The Morgan fingerprint density at radius 3 is 2.46 bits per heavy atom. The molecule has 0 N–H and O–H groups in total. The molecule has 0 fully saturated rings. The first-order chi connectivity index (χ1) is 12.5. The summed E-state index contributed by atoms with van der Waals surface area (Å²) in [7, 11) is 0. The Bertz CT molecular complexity index is 717. The second-order valence-electron chi connectivity index (χ2n) is 5.94. The van der Waals surface area contributed by atoms with Crippen LogP contribution in [0.15, 0.2) is 60.5 Å². The predicted octanol–water partition coefficient (Wildman–Crippen LogP) is 3.92. The van der Waals surface area contributed by atoms with E-state index < -0.39 is 5.38 Å². The number of thiophene rings is 1. The maximum Gasteiger partial charge on any atom is 0.242 e. The van der Waals surface area contributed by atoms with Gasteiger partial charge in [-0.15, -0.1) is 29.5 Å². The minimum absolute atomic E-state index is 0.0138. The third-order valence-corrected chi connectivity index (χ3v) is 4.87. The van der Waals surface area contributed by atoms with Gasteiger partial charge < -0.3 is 9.80 Å². The number of alkyl halides is 1. The third-order valence-electron chi connectivity index (χ3n) is 3.82. The largest absolute Gasteiger partial charge is 0.332 e. The predicted molar refractivity (Wildman–Crippen MR) is 107 cm³/mol. The van der Waals surface area contributed by atoms with E-state index >= 15 is 0 Å². The van der Waals surface area contributed by atoms with E-state index in [1.54, 1.807) is 29.2 Å². The summed E-state index contributed by atoms with van der Waals surface area (Å²) in [6.07, 6.45) is 1.60. The summed E-state index contributed by atoms with van der Waals surface area (Å²) in [6, 6.07) is 13.8. The van der Waals surface area contributed by atoms with Gasteiger partial charge in [-0.1, -0.05) is 42.5 Å². The van der Waals surface area contributed by atoms with Crippen molar-refractivity contribution in [3.8, 4) is 0 Å². The number of carbonyl (C=O) groups is 2. The molecule has 26 heavy (non-hydrogen) atoms. The van der Waals surface area contributed by atoms with Gasteiger partial charge in [0, 0.05) is 18.0 Å². The lowest BCUT2D eigenvalue weighted by Gasteiger charge is -2.27. The van der Waals surface area contributed by atoms with Crippen LogP contribution in [0.4, 0.5) is 0 Å². The molecule has 4 nitrogen and oxygen atoms in total. The second-order valence-corrected chi connectivity index (χ2v) is 7.63. The van der Waals surface area contributed by atoms with Gasteiger partial charge in [-0.25, -0.2) is 0 Å². The van der Waals surface area contributed by atoms with Gasteiger partial charge >= 0.3 is 0 Å². The first kappa shape index (κ1) is 20.2. The molecule has 2 aromatic rings. The number of benzene rings is 1. The van der Waals surface area contributed by atoms with Gasteiger partial charge in [-0.2, -0.15) is 0 Å². The van der Waals surface area contributed by atoms with Crippen LogP contribution in [0.5, 0.6) is 0 Å². The molecule has 0 aliphatic carbocycles. The van der Waals surface area contributed by atoms with Gasteiger partial charge in [0.2, 0.25) is 11.8 Å². The highest BCUT2D eigenvalue weighted by Gasteiger charge is 2.23. The van der Waals surface area contributed by atoms with Crippen molar-refractivity contribution in [2.45, 2.75) is 25.4 Å². The number of nitrogens with zero attached hydrogens (tertiary/aromatic N) is 2. The molecule has 1 aromatic carbocycles. The molecule has 138 valence electrons. The quantitative estimate of drug-likeness (QED) is 0.481. The van der Waals surface area contributed by atoms with E-state index in [0.717, 1.165) is 10.4 Å². The summed E-state index contributed by atoms with van der Waals surface area (Å²) >= 11 is 7.53. The Kier molecular flexibility index (Phi) is 7.88. The van der Waals surface area contributed by atoms with Crippen molar-refractivity contribution in [3.63, 3.8) is 0 Å². The van der Waals surface area contributed by atoms with Crippen LogP contribution in [0.2, 0.25) is 0 Å². The Morgan fingerprint density at radius 2 is 1.88 bits per heavy atom. The van der Waals surface area contributed by atoms with Crippen molar-refractivity contribution < 1.29 is 9.59 Å². The smallest absolute Gasteiger partial charge is 0.242 e. The molecular weight excluding hydrogens is 368 g/mol. The highest BCUT2D eigenvalue weighted by Crippen LogP contribution is 2.15. The van der Waals surface area contributed by atoms with Crippen molar-refractivity contribution in [2.75, 3.05) is 13.1 Å². The van der Waals surface area contributed by atoms with Gasteiger partial charge in [0.15, 0.2) is 0 Å². The molecule has 1 atom stereocenters. The van der Waals surface area contributed by atoms with Crippen LogP contribution in [0.1, 0.15) is 17.4 Å². The lowest BCUT2D eigenvalue weighted by molar-refractivity contribution is -0.140. The lowest BCUT2D eigenvalue weighted by Crippen LogP contribution is -2.44. The molecule has 0 aliphatic rings. The summed E-state index contributed by atoms with van der Waals surface area (Å²) in [6.45, 7) is 6.55. The van der Waals surface area contributed by atoms with Crippen molar-refractivity contribution in [1.29, 1.82) is 0 Å². The molecule has 1 aromatic heterocycles. The highest BCUT2D eigenvalue weighted by molar-refractivity contribution is 7.09. The van der Waals surface area contributed by atoms with Crippen LogP contribution in [-0.2, 0) is 22.7 Å². The fourth-order valence-corrected chi connectivity index (χ4v) is 3.39. The maximum atomic E-state index is 12.9. The molecule has 0 bridgehead atoms. The van der Waals surface area contributed by atoms with Crippen molar-refractivity contribution in [1.82, 2.24) is 9.80 Å². The average molecular weight is 391 g/mol. The van der Waals surface area contributed by atoms with Gasteiger partial charge in [0.1, 0.15) is 11.9 Å². The van der Waals surface area contributed by atoms with Crippen LogP contribution >= 0.6 is 22.9 Å². The highest BCUT2D eigenvalue weighted by atomic mass is 35.5.